The Hall–Kier alpha value is -1.16. The summed E-state index contributed by atoms with van der Waals surface area (Å²) < 4.78 is 18.0. The van der Waals surface area contributed by atoms with Gasteiger partial charge in [-0.2, -0.15) is 4.39 Å². The molecule has 1 saturated heterocycles. The predicted octanol–water partition coefficient (Wildman–Crippen LogP) is 1.06. The van der Waals surface area contributed by atoms with Gasteiger partial charge in [-0.15, -0.1) is 0 Å². The lowest BCUT2D eigenvalue weighted by molar-refractivity contribution is 0.122. The standard InChI is InChI=1S/C9H11FN2O/c10-9-7-8(1-2-11-9)12-3-5-13-6-4-12/h1-2,7H,3-6H2. The van der Waals surface area contributed by atoms with E-state index in [1.807, 2.05) is 6.07 Å². The molecular weight excluding hydrogens is 171 g/mol. The van der Waals surface area contributed by atoms with E-state index in [0.717, 1.165) is 18.8 Å². The molecular formula is C9H11FN2O. The van der Waals surface area contributed by atoms with Gasteiger partial charge in [-0.1, -0.05) is 0 Å². The minimum absolute atomic E-state index is 0.427. The van der Waals surface area contributed by atoms with Crippen molar-refractivity contribution in [3.8, 4) is 0 Å². The summed E-state index contributed by atoms with van der Waals surface area (Å²) in [5.41, 5.74) is 0.885. The van der Waals surface area contributed by atoms with Crippen LogP contribution in [0.5, 0.6) is 0 Å². The second-order valence-corrected chi connectivity index (χ2v) is 2.94. The van der Waals surface area contributed by atoms with Gasteiger partial charge in [0.15, 0.2) is 0 Å². The first-order valence-corrected chi connectivity index (χ1v) is 4.30. The van der Waals surface area contributed by atoms with Crippen molar-refractivity contribution >= 4 is 5.69 Å². The van der Waals surface area contributed by atoms with Crippen LogP contribution in [0.25, 0.3) is 0 Å². The second kappa shape index (κ2) is 3.70. The highest BCUT2D eigenvalue weighted by Gasteiger charge is 2.11. The van der Waals surface area contributed by atoms with E-state index >= 15 is 0 Å². The quantitative estimate of drug-likeness (QED) is 0.607. The van der Waals surface area contributed by atoms with Crippen LogP contribution in [0.2, 0.25) is 0 Å². The molecule has 1 aliphatic heterocycles. The highest BCUT2D eigenvalue weighted by Crippen LogP contribution is 2.14. The number of pyridine rings is 1. The third kappa shape index (κ3) is 1.95. The van der Waals surface area contributed by atoms with Crippen LogP contribution in [-0.2, 0) is 4.74 Å². The maximum absolute atomic E-state index is 12.8. The van der Waals surface area contributed by atoms with E-state index in [1.165, 1.54) is 12.3 Å². The molecule has 0 aromatic carbocycles. The smallest absolute Gasteiger partial charge is 0.214 e. The number of halogens is 1. The highest BCUT2D eigenvalue weighted by atomic mass is 19.1. The lowest BCUT2D eigenvalue weighted by Crippen LogP contribution is -2.36. The van der Waals surface area contributed by atoms with Gasteiger partial charge in [0.2, 0.25) is 5.95 Å². The Morgan fingerprint density at radius 3 is 2.85 bits per heavy atom. The maximum Gasteiger partial charge on any atom is 0.214 e. The fourth-order valence-electron chi connectivity index (χ4n) is 1.41. The van der Waals surface area contributed by atoms with Gasteiger partial charge in [-0.3, -0.25) is 0 Å². The van der Waals surface area contributed by atoms with Crippen molar-refractivity contribution in [2.75, 3.05) is 31.2 Å². The number of rotatable bonds is 1. The van der Waals surface area contributed by atoms with Gasteiger partial charge in [0.05, 0.1) is 13.2 Å². The number of morpholine rings is 1. The zero-order chi connectivity index (χ0) is 9.10. The van der Waals surface area contributed by atoms with Crippen LogP contribution in [0.4, 0.5) is 10.1 Å². The summed E-state index contributed by atoms with van der Waals surface area (Å²) in [6.45, 7) is 3.07. The molecule has 0 spiro atoms. The Morgan fingerprint density at radius 1 is 1.38 bits per heavy atom. The van der Waals surface area contributed by atoms with Crippen LogP contribution in [0.3, 0.4) is 0 Å². The van der Waals surface area contributed by atoms with Crippen molar-refractivity contribution in [3.63, 3.8) is 0 Å². The minimum atomic E-state index is -0.427. The van der Waals surface area contributed by atoms with E-state index in [4.69, 9.17) is 4.74 Å². The van der Waals surface area contributed by atoms with E-state index < -0.39 is 5.95 Å². The molecule has 1 aromatic heterocycles. The third-order valence-corrected chi connectivity index (χ3v) is 2.09. The van der Waals surface area contributed by atoms with E-state index in [1.54, 1.807) is 0 Å². The Morgan fingerprint density at radius 2 is 2.15 bits per heavy atom. The normalized spacial score (nSPS) is 17.5. The molecule has 70 valence electrons. The molecule has 13 heavy (non-hydrogen) atoms. The molecule has 1 aromatic rings. The van der Waals surface area contributed by atoms with Gasteiger partial charge in [-0.25, -0.2) is 4.98 Å². The molecule has 0 unspecified atom stereocenters. The average molecular weight is 182 g/mol. The van der Waals surface area contributed by atoms with Crippen LogP contribution in [0, 0.1) is 5.95 Å². The zero-order valence-corrected chi connectivity index (χ0v) is 7.24. The summed E-state index contributed by atoms with van der Waals surface area (Å²) in [7, 11) is 0. The van der Waals surface area contributed by atoms with Crippen molar-refractivity contribution in [3.05, 3.63) is 24.3 Å². The molecule has 0 N–H and O–H groups in total. The highest BCUT2D eigenvalue weighted by molar-refractivity contribution is 5.45. The molecule has 0 atom stereocenters. The fraction of sp³-hybridized carbons (Fsp3) is 0.444. The Bertz CT molecular complexity index is 287. The molecule has 2 rings (SSSR count). The fourth-order valence-corrected chi connectivity index (χ4v) is 1.41. The number of aromatic nitrogens is 1. The Kier molecular flexibility index (Phi) is 2.40. The molecule has 0 radical (unpaired) electrons. The van der Waals surface area contributed by atoms with Gasteiger partial charge in [0.1, 0.15) is 0 Å². The second-order valence-electron chi connectivity index (χ2n) is 2.94. The largest absolute Gasteiger partial charge is 0.378 e. The van der Waals surface area contributed by atoms with Crippen LogP contribution < -0.4 is 4.90 Å². The van der Waals surface area contributed by atoms with Gasteiger partial charge >= 0.3 is 0 Å². The monoisotopic (exact) mass is 182 g/mol. The summed E-state index contributed by atoms with van der Waals surface area (Å²) in [4.78, 5) is 5.60. The van der Waals surface area contributed by atoms with Crippen LogP contribution >= 0.6 is 0 Å². The average Bonchev–Trinajstić information content (AvgIpc) is 2.19. The molecule has 0 aliphatic carbocycles. The SMILES string of the molecule is Fc1cc(N2CCOCC2)ccn1. The first kappa shape index (κ1) is 8.44. The Labute approximate surface area is 76.1 Å². The van der Waals surface area contributed by atoms with Gasteiger partial charge in [-0.05, 0) is 6.07 Å². The van der Waals surface area contributed by atoms with Gasteiger partial charge < -0.3 is 9.64 Å². The van der Waals surface area contributed by atoms with Crippen molar-refractivity contribution in [2.24, 2.45) is 0 Å². The first-order valence-electron chi connectivity index (χ1n) is 4.30. The summed E-state index contributed by atoms with van der Waals surface area (Å²) in [5, 5.41) is 0. The molecule has 1 fully saturated rings. The number of nitrogens with zero attached hydrogens (tertiary/aromatic N) is 2. The van der Waals surface area contributed by atoms with Crippen LogP contribution in [0.1, 0.15) is 0 Å². The van der Waals surface area contributed by atoms with Gasteiger partial charge in [0, 0.05) is 31.0 Å². The zero-order valence-electron chi connectivity index (χ0n) is 7.24. The third-order valence-electron chi connectivity index (χ3n) is 2.09. The summed E-state index contributed by atoms with van der Waals surface area (Å²) in [6, 6.07) is 3.26. The number of hydrogen-bond acceptors (Lipinski definition) is 3. The minimum Gasteiger partial charge on any atom is -0.378 e. The van der Waals surface area contributed by atoms with E-state index in [9.17, 15) is 4.39 Å². The first-order chi connectivity index (χ1) is 6.36. The van der Waals surface area contributed by atoms with Crippen molar-refractivity contribution < 1.29 is 9.13 Å². The lowest BCUT2D eigenvalue weighted by atomic mass is 10.3. The van der Waals surface area contributed by atoms with Crippen LogP contribution in [-0.4, -0.2) is 31.3 Å². The molecule has 0 saturated carbocycles. The molecule has 0 bridgehead atoms. The summed E-state index contributed by atoms with van der Waals surface area (Å²) in [6.07, 6.45) is 1.49. The lowest BCUT2D eigenvalue weighted by Gasteiger charge is -2.28. The van der Waals surface area contributed by atoms with Crippen LogP contribution in [0.15, 0.2) is 18.3 Å². The van der Waals surface area contributed by atoms with E-state index in [2.05, 4.69) is 9.88 Å². The summed E-state index contributed by atoms with van der Waals surface area (Å²) >= 11 is 0. The van der Waals surface area contributed by atoms with E-state index in [-0.39, 0.29) is 0 Å². The van der Waals surface area contributed by atoms with Crippen molar-refractivity contribution in [1.82, 2.24) is 4.98 Å². The van der Waals surface area contributed by atoms with Gasteiger partial charge in [0.25, 0.3) is 0 Å². The predicted molar refractivity (Wildman–Crippen MR) is 47.2 cm³/mol. The molecule has 3 nitrogen and oxygen atoms in total. The van der Waals surface area contributed by atoms with E-state index in [0.29, 0.717) is 13.2 Å². The molecule has 0 amide bonds. The molecule has 2 heterocycles. The Balaban J connectivity index is 2.14. The summed E-state index contributed by atoms with van der Waals surface area (Å²) in [5.74, 6) is -0.427. The molecule has 1 aliphatic rings. The van der Waals surface area contributed by atoms with Crippen molar-refractivity contribution in [2.45, 2.75) is 0 Å². The topological polar surface area (TPSA) is 25.4 Å². The van der Waals surface area contributed by atoms with Crippen molar-refractivity contribution in [1.29, 1.82) is 0 Å². The number of ether oxygens (including phenoxy) is 1. The molecule has 4 heteroatoms. The number of hydrogen-bond donors (Lipinski definition) is 0. The maximum atomic E-state index is 12.8. The number of anilines is 1.